The van der Waals surface area contributed by atoms with E-state index >= 15 is 0 Å². The zero-order chi connectivity index (χ0) is 13.3. The fourth-order valence-corrected chi connectivity index (χ4v) is 1.74. The first-order valence-corrected chi connectivity index (χ1v) is 5.18. The van der Waals surface area contributed by atoms with Crippen LogP contribution in [0.2, 0.25) is 0 Å². The second-order valence-electron chi connectivity index (χ2n) is 3.67. The van der Waals surface area contributed by atoms with Crippen LogP contribution in [0.4, 0.5) is 5.69 Å². The molecule has 94 valence electrons. The fraction of sp³-hybridized carbons (Fsp3) is 0.167. The van der Waals surface area contributed by atoms with Crippen molar-refractivity contribution in [2.75, 3.05) is 20.0 Å². The minimum Gasteiger partial charge on any atom is -0.493 e. The van der Waals surface area contributed by atoms with Gasteiger partial charge in [0.05, 0.1) is 31.0 Å². The van der Waals surface area contributed by atoms with E-state index in [-0.39, 0.29) is 11.3 Å². The molecule has 0 saturated heterocycles. The number of carbonyl (C=O) groups excluding carboxylic acids is 1. The maximum absolute atomic E-state index is 11.2. The summed E-state index contributed by atoms with van der Waals surface area (Å²) >= 11 is 0. The standard InChI is InChI=1S/C12H13N3O3/c1-17-9-3-6-8(4-10(9)18-2)15-5-7(11(6)13)12(14)16/h3-5H,1-2H3,(H2,13,15)(H2,14,16). The minimum absolute atomic E-state index is 0.190. The molecule has 0 aliphatic carbocycles. The molecule has 0 fully saturated rings. The van der Waals surface area contributed by atoms with Crippen molar-refractivity contribution < 1.29 is 14.3 Å². The van der Waals surface area contributed by atoms with E-state index in [1.807, 2.05) is 0 Å². The number of nitrogens with zero attached hydrogens (tertiary/aromatic N) is 1. The molecule has 6 nitrogen and oxygen atoms in total. The van der Waals surface area contributed by atoms with Crippen LogP contribution in [0, 0.1) is 0 Å². The van der Waals surface area contributed by atoms with Crippen molar-refractivity contribution in [1.29, 1.82) is 0 Å². The lowest BCUT2D eigenvalue weighted by molar-refractivity contribution is 0.100. The second-order valence-corrected chi connectivity index (χ2v) is 3.67. The molecule has 2 aromatic rings. The summed E-state index contributed by atoms with van der Waals surface area (Å²) in [5.74, 6) is 0.445. The topological polar surface area (TPSA) is 100 Å². The molecule has 18 heavy (non-hydrogen) atoms. The van der Waals surface area contributed by atoms with Crippen molar-refractivity contribution in [2.45, 2.75) is 0 Å². The highest BCUT2D eigenvalue weighted by Crippen LogP contribution is 2.34. The largest absolute Gasteiger partial charge is 0.493 e. The molecule has 0 saturated carbocycles. The number of methoxy groups -OCH3 is 2. The van der Waals surface area contributed by atoms with Gasteiger partial charge in [-0.05, 0) is 6.07 Å². The molecular weight excluding hydrogens is 234 g/mol. The van der Waals surface area contributed by atoms with Gasteiger partial charge in [-0.3, -0.25) is 9.78 Å². The first-order valence-electron chi connectivity index (χ1n) is 5.18. The lowest BCUT2D eigenvalue weighted by Crippen LogP contribution is -2.14. The van der Waals surface area contributed by atoms with Crippen molar-refractivity contribution in [3.05, 3.63) is 23.9 Å². The third kappa shape index (κ3) is 1.77. The van der Waals surface area contributed by atoms with Crippen molar-refractivity contribution in [3.8, 4) is 11.5 Å². The average molecular weight is 247 g/mol. The second kappa shape index (κ2) is 4.40. The van der Waals surface area contributed by atoms with Crippen molar-refractivity contribution in [3.63, 3.8) is 0 Å². The average Bonchev–Trinajstić information content (AvgIpc) is 2.37. The summed E-state index contributed by atoms with van der Waals surface area (Å²) in [5, 5.41) is 0.601. The fourth-order valence-electron chi connectivity index (χ4n) is 1.74. The van der Waals surface area contributed by atoms with E-state index in [2.05, 4.69) is 4.98 Å². The number of nitrogen functional groups attached to an aromatic ring is 1. The van der Waals surface area contributed by atoms with E-state index in [1.165, 1.54) is 20.4 Å². The van der Waals surface area contributed by atoms with Crippen LogP contribution in [-0.4, -0.2) is 25.1 Å². The molecule has 0 aliphatic heterocycles. The van der Waals surface area contributed by atoms with Crippen LogP contribution < -0.4 is 20.9 Å². The molecule has 0 unspecified atom stereocenters. The van der Waals surface area contributed by atoms with E-state index in [0.717, 1.165) is 0 Å². The molecule has 2 rings (SSSR count). The first-order chi connectivity index (χ1) is 8.58. The maximum Gasteiger partial charge on any atom is 0.252 e. The van der Waals surface area contributed by atoms with Gasteiger partial charge in [0.15, 0.2) is 11.5 Å². The molecule has 0 aliphatic rings. The number of ether oxygens (including phenoxy) is 2. The number of anilines is 1. The summed E-state index contributed by atoms with van der Waals surface area (Å²) in [4.78, 5) is 15.3. The van der Waals surface area contributed by atoms with Crippen molar-refractivity contribution in [1.82, 2.24) is 4.98 Å². The molecular formula is C12H13N3O3. The van der Waals surface area contributed by atoms with E-state index in [9.17, 15) is 4.79 Å². The molecule has 0 bridgehead atoms. The van der Waals surface area contributed by atoms with Crippen LogP contribution in [0.1, 0.15) is 10.4 Å². The van der Waals surface area contributed by atoms with Gasteiger partial charge in [0.25, 0.3) is 5.91 Å². The van der Waals surface area contributed by atoms with Gasteiger partial charge in [-0.2, -0.15) is 0 Å². The Balaban J connectivity index is 2.77. The summed E-state index contributed by atoms with van der Waals surface area (Å²) in [6.07, 6.45) is 1.35. The number of pyridine rings is 1. The molecule has 0 radical (unpaired) electrons. The molecule has 1 heterocycles. The Morgan fingerprint density at radius 3 is 2.39 bits per heavy atom. The third-order valence-electron chi connectivity index (χ3n) is 2.68. The van der Waals surface area contributed by atoms with Gasteiger partial charge >= 0.3 is 0 Å². The highest BCUT2D eigenvalue weighted by atomic mass is 16.5. The third-order valence-corrected chi connectivity index (χ3v) is 2.68. The monoisotopic (exact) mass is 247 g/mol. The van der Waals surface area contributed by atoms with E-state index in [1.54, 1.807) is 12.1 Å². The number of aromatic nitrogens is 1. The van der Waals surface area contributed by atoms with Gasteiger partial charge in [-0.25, -0.2) is 0 Å². The Hall–Kier alpha value is -2.50. The smallest absolute Gasteiger partial charge is 0.252 e. The van der Waals surface area contributed by atoms with Gasteiger partial charge < -0.3 is 20.9 Å². The summed E-state index contributed by atoms with van der Waals surface area (Å²) in [6, 6.07) is 3.36. The molecule has 1 amide bonds. The Kier molecular flexibility index (Phi) is 2.93. The molecule has 1 aromatic heterocycles. The van der Waals surface area contributed by atoms with Crippen LogP contribution in [0.25, 0.3) is 10.9 Å². The maximum atomic E-state index is 11.2. The molecule has 1 aromatic carbocycles. The van der Waals surface area contributed by atoms with E-state index in [4.69, 9.17) is 20.9 Å². The number of primary amides is 1. The van der Waals surface area contributed by atoms with Crippen LogP contribution in [-0.2, 0) is 0 Å². The predicted octanol–water partition coefficient (Wildman–Crippen LogP) is 0.933. The number of nitrogens with two attached hydrogens (primary N) is 2. The van der Waals surface area contributed by atoms with E-state index < -0.39 is 5.91 Å². The number of rotatable bonds is 3. The number of hydrogen-bond acceptors (Lipinski definition) is 5. The SMILES string of the molecule is COc1cc2ncc(C(N)=O)c(N)c2cc1OC. The summed E-state index contributed by atoms with van der Waals surface area (Å²) in [6.45, 7) is 0. The van der Waals surface area contributed by atoms with Crippen LogP contribution in [0.5, 0.6) is 11.5 Å². The molecule has 0 atom stereocenters. The number of benzene rings is 1. The lowest BCUT2D eigenvalue weighted by atomic mass is 10.1. The first kappa shape index (κ1) is 12.0. The normalized spacial score (nSPS) is 10.3. The quantitative estimate of drug-likeness (QED) is 0.840. The zero-order valence-corrected chi connectivity index (χ0v) is 10.1. The number of amides is 1. The zero-order valence-electron chi connectivity index (χ0n) is 10.1. The van der Waals surface area contributed by atoms with E-state index in [0.29, 0.717) is 22.4 Å². The number of carbonyl (C=O) groups is 1. The summed E-state index contributed by atoms with van der Waals surface area (Å²) < 4.78 is 10.3. The van der Waals surface area contributed by atoms with Crippen LogP contribution in [0.3, 0.4) is 0 Å². The minimum atomic E-state index is -0.614. The van der Waals surface area contributed by atoms with Gasteiger partial charge in [-0.1, -0.05) is 0 Å². The lowest BCUT2D eigenvalue weighted by Gasteiger charge is -2.11. The summed E-state index contributed by atoms with van der Waals surface area (Å²) in [7, 11) is 3.05. The highest BCUT2D eigenvalue weighted by molar-refractivity contribution is 6.06. The highest BCUT2D eigenvalue weighted by Gasteiger charge is 2.13. The van der Waals surface area contributed by atoms with Crippen LogP contribution in [0.15, 0.2) is 18.3 Å². The molecule has 4 N–H and O–H groups in total. The Morgan fingerprint density at radius 1 is 1.22 bits per heavy atom. The van der Waals surface area contributed by atoms with Gasteiger partial charge in [0.2, 0.25) is 0 Å². The van der Waals surface area contributed by atoms with Crippen molar-refractivity contribution in [2.24, 2.45) is 5.73 Å². The predicted molar refractivity (Wildman–Crippen MR) is 67.8 cm³/mol. The Labute approximate surface area is 103 Å². The molecule has 6 heteroatoms. The molecule has 0 spiro atoms. The number of fused-ring (bicyclic) bond motifs is 1. The summed E-state index contributed by atoms with van der Waals surface area (Å²) in [5.41, 5.74) is 12.2. The Bertz CT molecular complexity index is 625. The van der Waals surface area contributed by atoms with Crippen molar-refractivity contribution >= 4 is 22.5 Å². The van der Waals surface area contributed by atoms with Gasteiger partial charge in [0.1, 0.15) is 0 Å². The number of hydrogen-bond donors (Lipinski definition) is 2. The van der Waals surface area contributed by atoms with Crippen LogP contribution >= 0.6 is 0 Å². The van der Waals surface area contributed by atoms with Gasteiger partial charge in [-0.15, -0.1) is 0 Å². The van der Waals surface area contributed by atoms with Gasteiger partial charge in [0, 0.05) is 17.6 Å². The Morgan fingerprint density at radius 2 is 1.83 bits per heavy atom.